The van der Waals surface area contributed by atoms with Crippen LogP contribution in [0.4, 0.5) is 5.82 Å². The number of benzene rings is 2. The molecule has 2 aromatic heterocycles. The topological polar surface area (TPSA) is 143 Å². The first-order valence-corrected chi connectivity index (χ1v) is 12.6. The average molecular weight is 486 g/mol. The van der Waals surface area contributed by atoms with Crippen molar-refractivity contribution in [1.82, 2.24) is 19.9 Å². The number of likely N-dealkylation sites (tertiary alicyclic amines) is 1. The molecular weight excluding hydrogens is 450 g/mol. The minimum Gasteiger partial charge on any atom is -0.369 e. The van der Waals surface area contributed by atoms with Crippen LogP contribution < -0.4 is 11.1 Å². The Bertz CT molecular complexity index is 1310. The molecule has 9 nitrogen and oxygen atoms in total. The highest BCUT2D eigenvalue weighted by atomic mass is 15.1. The lowest BCUT2D eigenvalue weighted by Gasteiger charge is -2.26. The summed E-state index contributed by atoms with van der Waals surface area (Å²) in [6.45, 7) is 4.38. The molecule has 0 aliphatic carbocycles. The maximum absolute atomic E-state index is 7.87. The predicted molar refractivity (Wildman–Crippen MR) is 146 cm³/mol. The molecule has 0 unspecified atom stereocenters. The van der Waals surface area contributed by atoms with Crippen LogP contribution in [-0.4, -0.2) is 58.9 Å². The molecule has 0 radical (unpaired) electrons. The van der Waals surface area contributed by atoms with Crippen molar-refractivity contribution in [3.05, 3.63) is 65.5 Å². The predicted octanol–water partition coefficient (Wildman–Crippen LogP) is 4.92. The molecule has 188 valence electrons. The van der Waals surface area contributed by atoms with Crippen LogP contribution in [0.2, 0.25) is 0 Å². The van der Waals surface area contributed by atoms with Gasteiger partial charge >= 0.3 is 0 Å². The van der Waals surface area contributed by atoms with Crippen LogP contribution >= 0.6 is 0 Å². The van der Waals surface area contributed by atoms with Gasteiger partial charge in [-0.1, -0.05) is 48.9 Å². The van der Waals surface area contributed by atoms with Crippen LogP contribution in [-0.2, 0) is 6.42 Å². The van der Waals surface area contributed by atoms with Gasteiger partial charge in [-0.25, -0.2) is 15.5 Å². The standard InChI is InChI=1S/C26H30N8.CH5N/c27-24(33-28)19-10-11-20-21(17-19)30-26-23(20)25(29-12-7-15-34-13-5-2-6-14-34)31-22(32-26)16-18-8-3-1-4-9-18;1-2/h1,3-4,8-11,17,27-28H,2,5-7,12-16H2,(H2,29,30,31,32);2H2,1H3. The number of nitrogens with one attached hydrogen (secondary N) is 4. The summed E-state index contributed by atoms with van der Waals surface area (Å²) in [6.07, 6.45) is 5.70. The molecule has 1 saturated heterocycles. The molecule has 6 N–H and O–H groups in total. The Labute approximate surface area is 211 Å². The van der Waals surface area contributed by atoms with E-state index in [9.17, 15) is 0 Å². The fourth-order valence-electron chi connectivity index (χ4n) is 4.74. The molecule has 0 atom stereocenters. The molecule has 36 heavy (non-hydrogen) atoms. The molecule has 9 heteroatoms. The van der Waals surface area contributed by atoms with Crippen LogP contribution in [0.15, 0.2) is 53.6 Å². The van der Waals surface area contributed by atoms with E-state index in [1.54, 1.807) is 0 Å². The summed E-state index contributed by atoms with van der Waals surface area (Å²) in [4.78, 5) is 15.7. The third-order valence-electron chi connectivity index (χ3n) is 6.48. The van der Waals surface area contributed by atoms with E-state index in [0.717, 1.165) is 53.1 Å². The van der Waals surface area contributed by atoms with Gasteiger partial charge in [0.15, 0.2) is 5.84 Å². The smallest absolute Gasteiger partial charge is 0.173 e. The maximum atomic E-state index is 7.87. The normalized spacial score (nSPS) is 13.8. The quantitative estimate of drug-likeness (QED) is 0.104. The molecule has 1 aliphatic rings. The van der Waals surface area contributed by atoms with Crippen molar-refractivity contribution in [2.45, 2.75) is 32.1 Å². The van der Waals surface area contributed by atoms with Gasteiger partial charge in [0, 0.05) is 29.4 Å². The fraction of sp³-hybridized carbons (Fsp3) is 0.370. The Morgan fingerprint density at radius 2 is 1.86 bits per heavy atom. The van der Waals surface area contributed by atoms with Crippen molar-refractivity contribution in [3.63, 3.8) is 0 Å². The Kier molecular flexibility index (Phi) is 8.70. The van der Waals surface area contributed by atoms with Crippen LogP contribution in [0.25, 0.3) is 21.9 Å². The highest BCUT2D eigenvalue weighted by molar-refractivity contribution is 6.12. The van der Waals surface area contributed by atoms with Crippen molar-refractivity contribution in [1.29, 1.82) is 10.9 Å². The van der Waals surface area contributed by atoms with Crippen molar-refractivity contribution in [3.8, 4) is 0 Å². The summed E-state index contributed by atoms with van der Waals surface area (Å²) in [5, 5.41) is 16.7. The second kappa shape index (κ2) is 12.3. The van der Waals surface area contributed by atoms with Crippen molar-refractivity contribution in [2.24, 2.45) is 10.8 Å². The second-order valence-electron chi connectivity index (χ2n) is 8.90. The number of rotatable bonds is 8. The molecule has 0 spiro atoms. The van der Waals surface area contributed by atoms with Crippen molar-refractivity contribution in [2.75, 3.05) is 38.5 Å². The Hall–Kier alpha value is -3.69. The van der Waals surface area contributed by atoms with E-state index >= 15 is 0 Å². The number of nitrogens with two attached hydrogens (primary N) is 1. The zero-order valence-electron chi connectivity index (χ0n) is 20.8. The number of amidine groups is 1. The lowest BCUT2D eigenvalue weighted by atomic mass is 10.1. The number of H-pyrrole nitrogens is 1. The molecule has 4 aromatic rings. The lowest BCUT2D eigenvalue weighted by Crippen LogP contribution is -2.31. The summed E-state index contributed by atoms with van der Waals surface area (Å²) >= 11 is 0. The molecule has 3 heterocycles. The molecule has 1 fully saturated rings. The van der Waals surface area contributed by atoms with Gasteiger partial charge < -0.3 is 20.9 Å². The van der Waals surface area contributed by atoms with Crippen LogP contribution in [0, 0.1) is 10.9 Å². The van der Waals surface area contributed by atoms with Gasteiger partial charge in [0.2, 0.25) is 0 Å². The monoisotopic (exact) mass is 485 g/mol. The van der Waals surface area contributed by atoms with Crippen molar-refractivity contribution >= 4 is 33.6 Å². The minimum absolute atomic E-state index is 0.0625. The molecule has 5 rings (SSSR count). The summed E-state index contributed by atoms with van der Waals surface area (Å²) < 4.78 is 0. The Balaban J connectivity index is 0.00000148. The maximum Gasteiger partial charge on any atom is 0.173 e. The number of piperidine rings is 1. The first-order chi connectivity index (χ1) is 17.7. The van der Waals surface area contributed by atoms with E-state index in [-0.39, 0.29) is 5.84 Å². The lowest BCUT2D eigenvalue weighted by molar-refractivity contribution is 0.228. The first kappa shape index (κ1) is 25.4. The van der Waals surface area contributed by atoms with Gasteiger partial charge in [0.05, 0.1) is 5.39 Å². The Morgan fingerprint density at radius 3 is 2.61 bits per heavy atom. The van der Waals surface area contributed by atoms with Crippen LogP contribution in [0.1, 0.15) is 42.6 Å². The summed E-state index contributed by atoms with van der Waals surface area (Å²) in [5.41, 5.74) is 15.1. The number of hydrogen-bond donors (Lipinski definition) is 5. The Morgan fingerprint density at radius 1 is 1.08 bits per heavy atom. The number of anilines is 1. The highest BCUT2D eigenvalue weighted by Crippen LogP contribution is 2.31. The van der Waals surface area contributed by atoms with E-state index in [1.165, 1.54) is 45.0 Å². The number of aromatic nitrogens is 3. The summed E-state index contributed by atoms with van der Waals surface area (Å²) in [6, 6.07) is 15.9. The minimum atomic E-state index is -0.0625. The van der Waals surface area contributed by atoms with E-state index in [4.69, 9.17) is 20.9 Å². The van der Waals surface area contributed by atoms with Gasteiger partial charge in [0.25, 0.3) is 0 Å². The molecule has 0 amide bonds. The SMILES string of the molecule is CN.N=NC(=N)c1ccc2c(c1)[nH]c1nc(Cc3ccccc3)nc(NCCCN3CCCCC3)c12. The van der Waals surface area contributed by atoms with Gasteiger partial charge in [-0.15, -0.1) is 5.11 Å². The second-order valence-corrected chi connectivity index (χ2v) is 8.90. The van der Waals surface area contributed by atoms with E-state index in [1.807, 2.05) is 36.4 Å². The van der Waals surface area contributed by atoms with E-state index < -0.39 is 0 Å². The molecule has 0 bridgehead atoms. The molecular formula is C27H35N9. The third-order valence-corrected chi connectivity index (χ3v) is 6.48. The van der Waals surface area contributed by atoms with Gasteiger partial charge in [0.1, 0.15) is 17.3 Å². The number of fused-ring (bicyclic) bond motifs is 3. The van der Waals surface area contributed by atoms with Gasteiger partial charge in [-0.05, 0) is 57.6 Å². The zero-order chi connectivity index (χ0) is 25.3. The average Bonchev–Trinajstić information content (AvgIpc) is 3.30. The van der Waals surface area contributed by atoms with Crippen molar-refractivity contribution < 1.29 is 0 Å². The van der Waals surface area contributed by atoms with Gasteiger partial charge in [-0.3, -0.25) is 5.41 Å². The number of nitrogens with zero attached hydrogens (tertiary/aromatic N) is 4. The van der Waals surface area contributed by atoms with E-state index in [2.05, 4.69) is 38.2 Å². The van der Waals surface area contributed by atoms with Crippen LogP contribution in [0.5, 0.6) is 0 Å². The number of hydrogen-bond acceptors (Lipinski definition) is 7. The summed E-state index contributed by atoms with van der Waals surface area (Å²) in [5.74, 6) is 1.54. The van der Waals surface area contributed by atoms with Crippen LogP contribution in [0.3, 0.4) is 0 Å². The summed E-state index contributed by atoms with van der Waals surface area (Å²) in [7, 11) is 1.50. The van der Waals surface area contributed by atoms with Gasteiger partial charge in [-0.2, -0.15) is 0 Å². The third kappa shape index (κ3) is 5.92. The molecule has 1 aliphatic heterocycles. The van der Waals surface area contributed by atoms with E-state index in [0.29, 0.717) is 12.0 Å². The molecule has 0 saturated carbocycles. The fourth-order valence-corrected chi connectivity index (χ4v) is 4.74. The highest BCUT2D eigenvalue weighted by Gasteiger charge is 2.16. The first-order valence-electron chi connectivity index (χ1n) is 12.6. The number of aromatic amines is 1. The zero-order valence-corrected chi connectivity index (χ0v) is 20.8. The molecule has 2 aromatic carbocycles. The largest absolute Gasteiger partial charge is 0.369 e.